The number of nitrogens with one attached hydrogen (secondary N) is 1. The maximum atomic E-state index is 4.04. The van der Waals surface area contributed by atoms with Gasteiger partial charge in [-0.1, -0.05) is 0 Å². The molecular weight excluding hydrogens is 126 g/mol. The number of rotatable bonds is 2. The van der Waals surface area contributed by atoms with Crippen molar-refractivity contribution < 1.29 is 0 Å². The van der Waals surface area contributed by atoms with E-state index in [4.69, 9.17) is 0 Å². The molecular formula is C7H11N3. The van der Waals surface area contributed by atoms with Crippen molar-refractivity contribution in [3.63, 3.8) is 0 Å². The van der Waals surface area contributed by atoms with Crippen molar-refractivity contribution in [2.45, 2.75) is 25.3 Å². The minimum Gasteiger partial charge on any atom is -0.307 e. The highest BCUT2D eigenvalue weighted by Gasteiger charge is 2.16. The Kier molecular flexibility index (Phi) is 1.34. The molecule has 0 saturated heterocycles. The van der Waals surface area contributed by atoms with E-state index in [-0.39, 0.29) is 0 Å². The fraction of sp³-hybridized carbons (Fsp3) is 0.571. The van der Waals surface area contributed by atoms with Gasteiger partial charge in [-0.2, -0.15) is 9.89 Å². The molecule has 0 aromatic carbocycles. The van der Waals surface area contributed by atoms with E-state index in [1.165, 1.54) is 19.3 Å². The van der Waals surface area contributed by atoms with Gasteiger partial charge >= 0.3 is 0 Å². The van der Waals surface area contributed by atoms with Crippen LogP contribution in [0.4, 0.5) is 0 Å². The van der Waals surface area contributed by atoms with Crippen molar-refractivity contribution in [3.05, 3.63) is 18.5 Å². The normalized spacial score (nSPS) is 18.4. The molecule has 0 spiro atoms. The molecule has 54 valence electrons. The number of aromatic nitrogens is 2. The van der Waals surface area contributed by atoms with E-state index >= 15 is 0 Å². The lowest BCUT2D eigenvalue weighted by molar-refractivity contribution is 0.405. The van der Waals surface area contributed by atoms with E-state index in [2.05, 4.69) is 10.5 Å². The van der Waals surface area contributed by atoms with E-state index in [9.17, 15) is 0 Å². The van der Waals surface area contributed by atoms with E-state index in [1.54, 1.807) is 11.0 Å². The van der Waals surface area contributed by atoms with Gasteiger partial charge in [-0.15, -0.1) is 0 Å². The van der Waals surface area contributed by atoms with Crippen molar-refractivity contribution in [1.82, 2.24) is 9.89 Å². The highest BCUT2D eigenvalue weighted by molar-refractivity contribution is 4.89. The summed E-state index contributed by atoms with van der Waals surface area (Å²) in [5.41, 5.74) is 3.26. The Hall–Kier alpha value is -0.990. The molecule has 0 aliphatic heterocycles. The smallest absolute Gasteiger partial charge is 0.0510 e. The molecule has 1 aliphatic carbocycles. The number of hydrogen-bond donors (Lipinski definition) is 1. The van der Waals surface area contributed by atoms with Crippen molar-refractivity contribution in [2.24, 2.45) is 0 Å². The Bertz CT molecular complexity index is 189. The molecule has 2 rings (SSSR count). The summed E-state index contributed by atoms with van der Waals surface area (Å²) in [7, 11) is 0. The van der Waals surface area contributed by atoms with Crippen molar-refractivity contribution in [1.29, 1.82) is 0 Å². The Morgan fingerprint density at radius 1 is 1.50 bits per heavy atom. The van der Waals surface area contributed by atoms with Crippen LogP contribution in [0.5, 0.6) is 0 Å². The van der Waals surface area contributed by atoms with Gasteiger partial charge in [0.15, 0.2) is 0 Å². The Morgan fingerprint density at radius 2 is 2.40 bits per heavy atom. The molecule has 3 nitrogen and oxygen atoms in total. The summed E-state index contributed by atoms with van der Waals surface area (Å²) in [6.07, 6.45) is 7.66. The van der Waals surface area contributed by atoms with E-state index in [0.717, 1.165) is 0 Å². The average Bonchev–Trinajstić information content (AvgIpc) is 2.29. The Balaban J connectivity index is 1.90. The number of nitrogens with zero attached hydrogens (tertiary/aromatic N) is 2. The summed E-state index contributed by atoms with van der Waals surface area (Å²) in [6, 6.07) is 2.59. The lowest BCUT2D eigenvalue weighted by atomic mass is 9.94. The van der Waals surface area contributed by atoms with E-state index in [1.807, 2.05) is 12.3 Å². The average molecular weight is 137 g/mol. The van der Waals surface area contributed by atoms with Crippen LogP contribution >= 0.6 is 0 Å². The molecule has 1 fully saturated rings. The topological polar surface area (TPSA) is 29.9 Å². The van der Waals surface area contributed by atoms with Crippen LogP contribution < -0.4 is 5.43 Å². The van der Waals surface area contributed by atoms with Gasteiger partial charge in [-0.05, 0) is 25.3 Å². The molecule has 1 aromatic heterocycles. The third-order valence-electron chi connectivity index (χ3n) is 1.92. The zero-order valence-electron chi connectivity index (χ0n) is 5.83. The first kappa shape index (κ1) is 5.77. The molecule has 1 aliphatic rings. The predicted octanol–water partition coefficient (Wildman–Crippen LogP) is 0.979. The fourth-order valence-corrected chi connectivity index (χ4v) is 1.07. The SMILES string of the molecule is c1cnn(NC2CCC2)c1. The Labute approximate surface area is 60.0 Å². The molecule has 1 saturated carbocycles. The molecule has 1 aromatic rings. The van der Waals surface area contributed by atoms with Crippen LogP contribution in [0.15, 0.2) is 18.5 Å². The van der Waals surface area contributed by atoms with Gasteiger partial charge in [-0.25, -0.2) is 0 Å². The zero-order chi connectivity index (χ0) is 6.81. The molecule has 0 unspecified atom stereocenters. The van der Waals surface area contributed by atoms with E-state index in [0.29, 0.717) is 6.04 Å². The molecule has 0 amide bonds. The second-order valence-electron chi connectivity index (χ2n) is 2.71. The second kappa shape index (κ2) is 2.33. The fourth-order valence-electron chi connectivity index (χ4n) is 1.07. The van der Waals surface area contributed by atoms with Gasteiger partial charge in [0.25, 0.3) is 0 Å². The van der Waals surface area contributed by atoms with E-state index < -0.39 is 0 Å². The standard InChI is InChI=1S/C7H11N3/c1-3-7(4-1)9-10-6-2-5-8-10/h2,5-7,9H,1,3-4H2. The molecule has 10 heavy (non-hydrogen) atoms. The first-order valence-electron chi connectivity index (χ1n) is 3.71. The largest absolute Gasteiger partial charge is 0.307 e. The van der Waals surface area contributed by atoms with Crippen LogP contribution in [0.2, 0.25) is 0 Å². The highest BCUT2D eigenvalue weighted by Crippen LogP contribution is 2.18. The molecule has 0 atom stereocenters. The zero-order valence-corrected chi connectivity index (χ0v) is 5.83. The third-order valence-corrected chi connectivity index (χ3v) is 1.92. The van der Waals surface area contributed by atoms with Crippen molar-refractivity contribution >= 4 is 0 Å². The third kappa shape index (κ3) is 0.988. The van der Waals surface area contributed by atoms with Gasteiger partial charge in [0.1, 0.15) is 0 Å². The highest BCUT2D eigenvalue weighted by atomic mass is 15.6. The summed E-state index contributed by atoms with van der Waals surface area (Å²) < 4.78 is 0. The Morgan fingerprint density at radius 3 is 2.90 bits per heavy atom. The van der Waals surface area contributed by atoms with Gasteiger partial charge in [0.05, 0.1) is 6.20 Å². The van der Waals surface area contributed by atoms with Gasteiger partial charge in [0.2, 0.25) is 0 Å². The van der Waals surface area contributed by atoms with Gasteiger partial charge < -0.3 is 5.43 Å². The lowest BCUT2D eigenvalue weighted by Crippen LogP contribution is -2.33. The van der Waals surface area contributed by atoms with Crippen LogP contribution in [-0.4, -0.2) is 15.9 Å². The summed E-state index contributed by atoms with van der Waals surface area (Å²) in [5.74, 6) is 0. The summed E-state index contributed by atoms with van der Waals surface area (Å²) in [6.45, 7) is 0. The van der Waals surface area contributed by atoms with Crippen molar-refractivity contribution in [2.75, 3.05) is 5.43 Å². The molecule has 0 radical (unpaired) electrons. The van der Waals surface area contributed by atoms with Crippen molar-refractivity contribution in [3.8, 4) is 0 Å². The van der Waals surface area contributed by atoms with Gasteiger partial charge in [0, 0.05) is 12.2 Å². The van der Waals surface area contributed by atoms with Gasteiger partial charge in [-0.3, -0.25) is 0 Å². The minimum absolute atomic E-state index is 0.667. The quantitative estimate of drug-likeness (QED) is 0.658. The molecule has 0 bridgehead atoms. The minimum atomic E-state index is 0.667. The second-order valence-corrected chi connectivity index (χ2v) is 2.71. The van der Waals surface area contributed by atoms with Crippen LogP contribution in [0.25, 0.3) is 0 Å². The van der Waals surface area contributed by atoms with Crippen LogP contribution in [0, 0.1) is 0 Å². The van der Waals surface area contributed by atoms with Crippen LogP contribution in [0.1, 0.15) is 19.3 Å². The predicted molar refractivity (Wildman–Crippen MR) is 39.2 cm³/mol. The molecule has 3 heteroatoms. The summed E-state index contributed by atoms with van der Waals surface area (Å²) in [5, 5.41) is 4.04. The first-order chi connectivity index (χ1) is 4.95. The first-order valence-corrected chi connectivity index (χ1v) is 3.71. The molecule has 1 heterocycles. The maximum Gasteiger partial charge on any atom is 0.0510 e. The summed E-state index contributed by atoms with van der Waals surface area (Å²) >= 11 is 0. The monoisotopic (exact) mass is 137 g/mol. The van der Waals surface area contributed by atoms with Crippen LogP contribution in [0.3, 0.4) is 0 Å². The summed E-state index contributed by atoms with van der Waals surface area (Å²) in [4.78, 5) is 1.78. The lowest BCUT2D eigenvalue weighted by Gasteiger charge is -2.26. The number of hydrogen-bond acceptors (Lipinski definition) is 2. The van der Waals surface area contributed by atoms with Crippen LogP contribution in [-0.2, 0) is 0 Å². The molecule has 1 N–H and O–H groups in total. The maximum absolute atomic E-state index is 4.04.